The fourth-order valence-electron chi connectivity index (χ4n) is 4.08. The van der Waals surface area contributed by atoms with E-state index in [-0.39, 0.29) is 30.7 Å². The topological polar surface area (TPSA) is 38.0 Å². The van der Waals surface area contributed by atoms with Gasteiger partial charge in [-0.1, -0.05) is 55.5 Å². The van der Waals surface area contributed by atoms with Crippen LogP contribution in [0.15, 0.2) is 54.6 Å². The molecule has 0 radical (unpaired) electrons. The number of hydrogen-bond donors (Lipinski definition) is 3. The van der Waals surface area contributed by atoms with E-state index in [4.69, 9.17) is 0 Å². The van der Waals surface area contributed by atoms with Gasteiger partial charge >= 0.3 is 0 Å². The molecule has 29 heavy (non-hydrogen) atoms. The molecule has 3 rings (SSSR count). The van der Waals surface area contributed by atoms with Crippen LogP contribution in [-0.4, -0.2) is 44.7 Å². The number of para-hydroxylation sites is 1. The highest BCUT2D eigenvalue weighted by Gasteiger charge is 2.28. The standard InChI is InChI=1S/C23H31N3O.2ClH/c1-3-21-11-7-8-12-22(21)24-23(27)18-25-13-15-26(16-14-25)19(2)17-20-9-5-4-6-10-20;;/h4-12,19H,3,13-18H2,1-2H3,(H,24,27);2*1H. The van der Waals surface area contributed by atoms with E-state index in [1.165, 1.54) is 16.0 Å². The second kappa shape index (κ2) is 12.9. The van der Waals surface area contributed by atoms with E-state index in [2.05, 4.69) is 55.6 Å². The van der Waals surface area contributed by atoms with Crippen LogP contribution in [-0.2, 0) is 17.6 Å². The maximum absolute atomic E-state index is 12.5. The molecule has 160 valence electrons. The highest BCUT2D eigenvalue weighted by molar-refractivity contribution is 5.92. The van der Waals surface area contributed by atoms with E-state index in [1.54, 1.807) is 4.90 Å². The summed E-state index contributed by atoms with van der Waals surface area (Å²) in [6, 6.07) is 19.5. The van der Waals surface area contributed by atoms with Crippen molar-refractivity contribution in [2.45, 2.75) is 32.7 Å². The van der Waals surface area contributed by atoms with Crippen LogP contribution < -0.4 is 39.9 Å². The van der Waals surface area contributed by atoms with E-state index < -0.39 is 0 Å². The van der Waals surface area contributed by atoms with Crippen LogP contribution in [0, 0.1) is 0 Å². The first kappa shape index (κ1) is 25.4. The third-order valence-corrected chi connectivity index (χ3v) is 5.76. The first-order valence-electron chi connectivity index (χ1n) is 10.3. The van der Waals surface area contributed by atoms with Gasteiger partial charge in [-0.2, -0.15) is 0 Å². The number of nitrogens with one attached hydrogen (secondary N) is 3. The number of halogens is 2. The van der Waals surface area contributed by atoms with Gasteiger partial charge in [0.2, 0.25) is 0 Å². The number of quaternary nitrogens is 2. The minimum Gasteiger partial charge on any atom is -1.00 e. The fraction of sp³-hybridized carbons (Fsp3) is 0.435. The fourth-order valence-corrected chi connectivity index (χ4v) is 4.08. The lowest BCUT2D eigenvalue weighted by atomic mass is 10.1. The van der Waals surface area contributed by atoms with E-state index in [9.17, 15) is 4.79 Å². The summed E-state index contributed by atoms with van der Waals surface area (Å²) in [5.74, 6) is 0.131. The van der Waals surface area contributed by atoms with Crippen molar-refractivity contribution in [1.82, 2.24) is 0 Å². The monoisotopic (exact) mass is 437 g/mol. The quantitative estimate of drug-likeness (QED) is 0.397. The molecule has 1 heterocycles. The summed E-state index contributed by atoms with van der Waals surface area (Å²) in [6.45, 7) is 9.45. The van der Waals surface area contributed by atoms with Gasteiger partial charge < -0.3 is 39.9 Å². The predicted molar refractivity (Wildman–Crippen MR) is 110 cm³/mol. The van der Waals surface area contributed by atoms with Crippen molar-refractivity contribution >= 4 is 11.6 Å². The van der Waals surface area contributed by atoms with Crippen LogP contribution in [0.1, 0.15) is 25.0 Å². The number of aryl methyl sites for hydroxylation is 1. The van der Waals surface area contributed by atoms with Crippen molar-refractivity contribution < 1.29 is 39.4 Å². The van der Waals surface area contributed by atoms with Crippen molar-refractivity contribution in [2.75, 3.05) is 38.0 Å². The van der Waals surface area contributed by atoms with E-state index >= 15 is 0 Å². The molecule has 0 aromatic heterocycles. The molecule has 0 bridgehead atoms. The Hall–Kier alpha value is -1.59. The normalized spacial score (nSPS) is 19.4. The van der Waals surface area contributed by atoms with Gasteiger partial charge in [-0.05, 0) is 30.5 Å². The molecule has 1 fully saturated rings. The Morgan fingerprint density at radius 2 is 1.59 bits per heavy atom. The molecule has 6 heteroatoms. The zero-order valence-corrected chi connectivity index (χ0v) is 18.9. The SMILES string of the molecule is CCc1ccccc1NC(=O)C[NH+]1CC[NH+](C(C)Cc2ccccc2)CC1.[Cl-].[Cl-]. The molecule has 4 nitrogen and oxygen atoms in total. The van der Waals surface area contributed by atoms with Gasteiger partial charge in [0.05, 0.1) is 6.04 Å². The van der Waals surface area contributed by atoms with Gasteiger partial charge in [-0.15, -0.1) is 0 Å². The maximum atomic E-state index is 12.5. The van der Waals surface area contributed by atoms with Crippen LogP contribution in [0.25, 0.3) is 0 Å². The summed E-state index contributed by atoms with van der Waals surface area (Å²) in [4.78, 5) is 15.5. The van der Waals surface area contributed by atoms with Crippen molar-refractivity contribution in [2.24, 2.45) is 0 Å². The molecule has 2 aromatic carbocycles. The minimum atomic E-state index is 0. The number of carbonyl (C=O) groups is 1. The first-order valence-corrected chi connectivity index (χ1v) is 10.3. The maximum Gasteiger partial charge on any atom is 0.279 e. The van der Waals surface area contributed by atoms with Crippen LogP contribution in [0.3, 0.4) is 0 Å². The van der Waals surface area contributed by atoms with Crippen LogP contribution in [0.2, 0.25) is 0 Å². The smallest absolute Gasteiger partial charge is 0.279 e. The minimum absolute atomic E-state index is 0. The molecule has 0 spiro atoms. The predicted octanol–water partition coefficient (Wildman–Crippen LogP) is -5.39. The average Bonchev–Trinajstić information content (AvgIpc) is 2.69. The second-order valence-corrected chi connectivity index (χ2v) is 7.73. The molecule has 1 atom stereocenters. The van der Waals surface area contributed by atoms with E-state index in [0.717, 1.165) is 44.7 Å². The Labute approximate surface area is 187 Å². The molecule has 1 aliphatic rings. The van der Waals surface area contributed by atoms with Crippen LogP contribution in [0.5, 0.6) is 0 Å². The molecule has 0 saturated carbocycles. The molecular formula is C23H33Cl2N3O. The lowest BCUT2D eigenvalue weighted by Crippen LogP contribution is -3.30. The number of amides is 1. The Morgan fingerprint density at radius 1 is 0.966 bits per heavy atom. The molecule has 0 aliphatic carbocycles. The van der Waals surface area contributed by atoms with Gasteiger partial charge in [-0.25, -0.2) is 0 Å². The van der Waals surface area contributed by atoms with E-state index in [0.29, 0.717) is 12.6 Å². The molecule has 1 aliphatic heterocycles. The summed E-state index contributed by atoms with van der Waals surface area (Å²) in [7, 11) is 0. The number of carbonyl (C=O) groups excluding carboxylic acids is 1. The van der Waals surface area contributed by atoms with Gasteiger partial charge in [-0.3, -0.25) is 4.79 Å². The Kier molecular flexibility index (Phi) is 11.3. The third-order valence-electron chi connectivity index (χ3n) is 5.76. The van der Waals surface area contributed by atoms with Crippen molar-refractivity contribution in [1.29, 1.82) is 0 Å². The number of anilines is 1. The summed E-state index contributed by atoms with van der Waals surface area (Å²) in [5.41, 5.74) is 3.58. The van der Waals surface area contributed by atoms with Gasteiger partial charge in [0, 0.05) is 12.1 Å². The highest BCUT2D eigenvalue weighted by atomic mass is 35.5. The van der Waals surface area contributed by atoms with Crippen LogP contribution in [0.4, 0.5) is 5.69 Å². The number of rotatable bonds is 7. The zero-order chi connectivity index (χ0) is 19.1. The van der Waals surface area contributed by atoms with Crippen molar-refractivity contribution in [3.05, 3.63) is 65.7 Å². The lowest BCUT2D eigenvalue weighted by molar-refractivity contribution is -1.02. The van der Waals surface area contributed by atoms with Gasteiger partial charge in [0.25, 0.3) is 5.91 Å². The van der Waals surface area contributed by atoms with Crippen molar-refractivity contribution in [3.63, 3.8) is 0 Å². The second-order valence-electron chi connectivity index (χ2n) is 7.73. The van der Waals surface area contributed by atoms with Gasteiger partial charge in [0.15, 0.2) is 6.54 Å². The third kappa shape index (κ3) is 7.63. The Bertz CT molecular complexity index is 734. The summed E-state index contributed by atoms with van der Waals surface area (Å²) < 4.78 is 0. The van der Waals surface area contributed by atoms with E-state index in [1.807, 2.05) is 18.2 Å². The molecule has 1 saturated heterocycles. The zero-order valence-electron chi connectivity index (χ0n) is 17.4. The molecular weight excluding hydrogens is 405 g/mol. The summed E-state index contributed by atoms with van der Waals surface area (Å²) >= 11 is 0. The Morgan fingerprint density at radius 3 is 2.24 bits per heavy atom. The number of piperazine rings is 1. The first-order chi connectivity index (χ1) is 13.2. The van der Waals surface area contributed by atoms with Gasteiger partial charge in [0.1, 0.15) is 26.2 Å². The number of benzene rings is 2. The Balaban J connectivity index is 0.00000210. The molecule has 1 unspecified atom stereocenters. The summed E-state index contributed by atoms with van der Waals surface area (Å²) in [6.07, 6.45) is 2.06. The molecule has 2 aromatic rings. The molecule has 1 amide bonds. The summed E-state index contributed by atoms with van der Waals surface area (Å²) in [5, 5.41) is 3.11. The highest BCUT2D eigenvalue weighted by Crippen LogP contribution is 2.14. The average molecular weight is 438 g/mol. The van der Waals surface area contributed by atoms with Crippen LogP contribution >= 0.6 is 0 Å². The largest absolute Gasteiger partial charge is 1.00 e. The number of hydrogen-bond acceptors (Lipinski definition) is 1. The molecule has 3 N–H and O–H groups in total. The lowest BCUT2D eigenvalue weighted by Gasteiger charge is -2.33. The van der Waals surface area contributed by atoms with Crippen molar-refractivity contribution in [3.8, 4) is 0 Å².